The lowest BCUT2D eigenvalue weighted by Gasteiger charge is -2.10. The average Bonchev–Trinajstić information content (AvgIpc) is 3.16. The van der Waals surface area contributed by atoms with Crippen LogP contribution in [-0.4, -0.2) is 16.8 Å². The standard InChI is InChI=1S/C19H15N5O2/c20-10-13-3-1-5-15(9-13)23-19-21-8-7-17(24-19)22-11-14-4-2-6-16-18(14)26-12-25-16/h1-9H,11-12H2,(H2,21,22,23,24). The van der Waals surface area contributed by atoms with E-state index in [1.54, 1.807) is 30.5 Å². The van der Waals surface area contributed by atoms with Crippen molar-refractivity contribution in [3.05, 3.63) is 65.9 Å². The van der Waals surface area contributed by atoms with Crippen LogP contribution in [0.4, 0.5) is 17.5 Å². The number of rotatable bonds is 5. The van der Waals surface area contributed by atoms with Crippen LogP contribution in [0.3, 0.4) is 0 Å². The highest BCUT2D eigenvalue weighted by Gasteiger charge is 2.16. The van der Waals surface area contributed by atoms with Crippen molar-refractivity contribution in [1.29, 1.82) is 5.26 Å². The molecule has 0 atom stereocenters. The molecule has 0 saturated heterocycles. The first-order chi connectivity index (χ1) is 12.8. The second-order valence-corrected chi connectivity index (χ2v) is 5.59. The van der Waals surface area contributed by atoms with Gasteiger partial charge in [-0.25, -0.2) is 4.98 Å². The SMILES string of the molecule is N#Cc1cccc(Nc2nccc(NCc3cccc4c3OCO4)n2)c1. The fraction of sp³-hybridized carbons (Fsp3) is 0.105. The Kier molecular flexibility index (Phi) is 4.23. The molecular formula is C19H15N5O2. The second kappa shape index (κ2) is 6.99. The number of anilines is 3. The zero-order valence-electron chi connectivity index (χ0n) is 13.8. The van der Waals surface area contributed by atoms with Crippen LogP contribution in [-0.2, 0) is 6.54 Å². The summed E-state index contributed by atoms with van der Waals surface area (Å²) >= 11 is 0. The molecule has 0 amide bonds. The number of benzene rings is 2. The van der Waals surface area contributed by atoms with E-state index in [0.717, 1.165) is 22.7 Å². The molecule has 1 aliphatic rings. The van der Waals surface area contributed by atoms with Crippen LogP contribution in [0.1, 0.15) is 11.1 Å². The van der Waals surface area contributed by atoms with E-state index in [4.69, 9.17) is 14.7 Å². The number of hydrogen-bond acceptors (Lipinski definition) is 7. The second-order valence-electron chi connectivity index (χ2n) is 5.59. The zero-order valence-corrected chi connectivity index (χ0v) is 13.8. The molecule has 1 aliphatic heterocycles. The first-order valence-corrected chi connectivity index (χ1v) is 8.03. The predicted molar refractivity (Wildman–Crippen MR) is 96.4 cm³/mol. The number of fused-ring (bicyclic) bond motifs is 1. The van der Waals surface area contributed by atoms with Crippen molar-refractivity contribution < 1.29 is 9.47 Å². The number of para-hydroxylation sites is 1. The smallest absolute Gasteiger partial charge is 0.231 e. The summed E-state index contributed by atoms with van der Waals surface area (Å²) in [5.41, 5.74) is 2.33. The van der Waals surface area contributed by atoms with Crippen molar-refractivity contribution in [2.75, 3.05) is 17.4 Å². The Morgan fingerprint density at radius 1 is 1.12 bits per heavy atom. The molecule has 0 fully saturated rings. The van der Waals surface area contributed by atoms with Gasteiger partial charge in [-0.15, -0.1) is 0 Å². The molecule has 0 spiro atoms. The highest BCUT2D eigenvalue weighted by Crippen LogP contribution is 2.35. The minimum absolute atomic E-state index is 0.246. The quantitative estimate of drug-likeness (QED) is 0.732. The van der Waals surface area contributed by atoms with E-state index in [1.165, 1.54) is 0 Å². The number of ether oxygens (including phenoxy) is 2. The van der Waals surface area contributed by atoms with Crippen molar-refractivity contribution in [3.8, 4) is 17.6 Å². The third-order valence-electron chi connectivity index (χ3n) is 3.84. The molecular weight excluding hydrogens is 330 g/mol. The Morgan fingerprint density at radius 2 is 2.04 bits per heavy atom. The summed E-state index contributed by atoms with van der Waals surface area (Å²) in [6, 6.07) is 16.8. The van der Waals surface area contributed by atoms with E-state index in [2.05, 4.69) is 26.7 Å². The van der Waals surface area contributed by atoms with Gasteiger partial charge in [0.15, 0.2) is 11.5 Å². The lowest BCUT2D eigenvalue weighted by Crippen LogP contribution is -2.05. The van der Waals surface area contributed by atoms with E-state index >= 15 is 0 Å². The van der Waals surface area contributed by atoms with Crippen LogP contribution in [0.5, 0.6) is 11.5 Å². The van der Waals surface area contributed by atoms with Crippen molar-refractivity contribution in [2.45, 2.75) is 6.54 Å². The van der Waals surface area contributed by atoms with Gasteiger partial charge in [0.25, 0.3) is 0 Å². The van der Waals surface area contributed by atoms with Gasteiger partial charge in [-0.05, 0) is 30.3 Å². The summed E-state index contributed by atoms with van der Waals surface area (Å²) in [6.45, 7) is 0.794. The maximum Gasteiger partial charge on any atom is 0.231 e. The molecule has 1 aromatic heterocycles. The number of nitrogens with one attached hydrogen (secondary N) is 2. The van der Waals surface area contributed by atoms with Crippen LogP contribution in [0.15, 0.2) is 54.7 Å². The molecule has 128 valence electrons. The maximum absolute atomic E-state index is 8.98. The Hall–Kier alpha value is -3.79. The van der Waals surface area contributed by atoms with Crippen LogP contribution in [0.25, 0.3) is 0 Å². The fourth-order valence-corrected chi connectivity index (χ4v) is 2.63. The van der Waals surface area contributed by atoms with Crippen molar-refractivity contribution in [1.82, 2.24) is 9.97 Å². The molecule has 0 radical (unpaired) electrons. The normalized spacial score (nSPS) is 11.7. The van der Waals surface area contributed by atoms with Gasteiger partial charge < -0.3 is 20.1 Å². The highest BCUT2D eigenvalue weighted by atomic mass is 16.7. The van der Waals surface area contributed by atoms with Crippen molar-refractivity contribution in [2.24, 2.45) is 0 Å². The summed E-state index contributed by atoms with van der Waals surface area (Å²) in [5.74, 6) is 2.64. The Morgan fingerprint density at radius 3 is 2.96 bits per heavy atom. The monoisotopic (exact) mass is 345 g/mol. The van der Waals surface area contributed by atoms with Gasteiger partial charge in [-0.1, -0.05) is 18.2 Å². The zero-order chi connectivity index (χ0) is 17.8. The molecule has 7 nitrogen and oxygen atoms in total. The van der Waals surface area contributed by atoms with Crippen LogP contribution < -0.4 is 20.1 Å². The summed E-state index contributed by atoms with van der Waals surface area (Å²) in [4.78, 5) is 8.66. The third kappa shape index (κ3) is 3.35. The lowest BCUT2D eigenvalue weighted by molar-refractivity contribution is 0.173. The first-order valence-electron chi connectivity index (χ1n) is 8.03. The van der Waals surface area contributed by atoms with Crippen LogP contribution in [0.2, 0.25) is 0 Å². The maximum atomic E-state index is 8.98. The average molecular weight is 345 g/mol. The van der Waals surface area contributed by atoms with Gasteiger partial charge in [0.05, 0.1) is 11.6 Å². The Labute approximate surface area is 150 Å². The molecule has 0 bridgehead atoms. The number of nitrogens with zero attached hydrogens (tertiary/aromatic N) is 3. The van der Waals surface area contributed by atoms with E-state index in [-0.39, 0.29) is 6.79 Å². The Balaban J connectivity index is 1.46. The number of nitriles is 1. The van der Waals surface area contributed by atoms with Crippen molar-refractivity contribution >= 4 is 17.5 Å². The summed E-state index contributed by atoms with van der Waals surface area (Å²) < 4.78 is 10.9. The van der Waals surface area contributed by atoms with Crippen LogP contribution in [0, 0.1) is 11.3 Å². The van der Waals surface area contributed by atoms with E-state index in [1.807, 2.05) is 24.3 Å². The molecule has 4 rings (SSSR count). The summed E-state index contributed by atoms with van der Waals surface area (Å²) in [5, 5.41) is 15.3. The molecule has 0 aliphatic carbocycles. The van der Waals surface area contributed by atoms with Gasteiger partial charge in [0.1, 0.15) is 5.82 Å². The predicted octanol–water partition coefficient (Wildman–Crippen LogP) is 3.43. The number of aromatic nitrogens is 2. The molecule has 2 N–H and O–H groups in total. The number of hydrogen-bond donors (Lipinski definition) is 2. The fourth-order valence-electron chi connectivity index (χ4n) is 2.63. The topological polar surface area (TPSA) is 92.1 Å². The molecule has 3 aromatic rings. The minimum Gasteiger partial charge on any atom is -0.454 e. The molecule has 0 unspecified atom stereocenters. The van der Waals surface area contributed by atoms with Crippen LogP contribution >= 0.6 is 0 Å². The van der Waals surface area contributed by atoms with Crippen molar-refractivity contribution in [3.63, 3.8) is 0 Å². The molecule has 0 saturated carbocycles. The third-order valence-corrected chi connectivity index (χ3v) is 3.84. The van der Waals surface area contributed by atoms with E-state index in [0.29, 0.717) is 23.9 Å². The van der Waals surface area contributed by atoms with Gasteiger partial charge >= 0.3 is 0 Å². The molecule has 7 heteroatoms. The first kappa shape index (κ1) is 15.7. The van der Waals surface area contributed by atoms with E-state index in [9.17, 15) is 0 Å². The molecule has 2 aromatic carbocycles. The highest BCUT2D eigenvalue weighted by molar-refractivity contribution is 5.57. The lowest BCUT2D eigenvalue weighted by atomic mass is 10.2. The van der Waals surface area contributed by atoms with Gasteiger partial charge in [-0.2, -0.15) is 10.2 Å². The largest absolute Gasteiger partial charge is 0.454 e. The molecule has 26 heavy (non-hydrogen) atoms. The molecule has 2 heterocycles. The van der Waals surface area contributed by atoms with Gasteiger partial charge in [0.2, 0.25) is 12.7 Å². The van der Waals surface area contributed by atoms with E-state index < -0.39 is 0 Å². The Bertz CT molecular complexity index is 984. The summed E-state index contributed by atoms with van der Waals surface area (Å²) in [6.07, 6.45) is 1.67. The van der Waals surface area contributed by atoms with Gasteiger partial charge in [-0.3, -0.25) is 0 Å². The van der Waals surface area contributed by atoms with Gasteiger partial charge in [0, 0.05) is 24.0 Å². The minimum atomic E-state index is 0.246. The summed E-state index contributed by atoms with van der Waals surface area (Å²) in [7, 11) is 0.